The van der Waals surface area contributed by atoms with E-state index >= 15 is 0 Å². The van der Waals surface area contributed by atoms with Gasteiger partial charge in [0.05, 0.1) is 18.2 Å². The fraction of sp³-hybridized carbons (Fsp3) is 0.148. The third-order valence-electron chi connectivity index (χ3n) is 5.96. The molecule has 1 aromatic heterocycles. The molecule has 0 aliphatic carbocycles. The highest BCUT2D eigenvalue weighted by molar-refractivity contribution is 6.30. The summed E-state index contributed by atoms with van der Waals surface area (Å²) in [4.78, 5) is 19.5. The van der Waals surface area contributed by atoms with Crippen LogP contribution in [0.5, 0.6) is 0 Å². The van der Waals surface area contributed by atoms with E-state index in [0.717, 1.165) is 16.7 Å². The fourth-order valence-electron chi connectivity index (χ4n) is 4.22. The number of nitrogens with zero attached hydrogens (tertiary/aromatic N) is 3. The number of aryl methyl sites for hydroxylation is 1. The van der Waals surface area contributed by atoms with Crippen molar-refractivity contribution < 1.29 is 13.7 Å². The number of allylic oxidation sites excluding steroid dienone is 1. The lowest BCUT2D eigenvalue weighted by molar-refractivity contribution is 0.203. The van der Waals surface area contributed by atoms with Gasteiger partial charge < -0.3 is 9.84 Å². The Bertz CT molecular complexity index is 1430. The van der Waals surface area contributed by atoms with Crippen LogP contribution in [-0.2, 0) is 6.54 Å². The van der Waals surface area contributed by atoms with Crippen molar-refractivity contribution in [2.24, 2.45) is 0 Å². The van der Waals surface area contributed by atoms with Crippen molar-refractivity contribution in [2.75, 3.05) is 0 Å². The molecule has 1 aliphatic rings. The molecule has 0 bridgehead atoms. The molecule has 1 N–H and O–H groups in total. The molecule has 0 saturated carbocycles. The van der Waals surface area contributed by atoms with Gasteiger partial charge in [0.15, 0.2) is 0 Å². The zero-order valence-corrected chi connectivity index (χ0v) is 19.9. The van der Waals surface area contributed by atoms with Crippen molar-refractivity contribution >= 4 is 23.2 Å². The Morgan fingerprint density at radius 1 is 1.06 bits per heavy atom. The summed E-state index contributed by atoms with van der Waals surface area (Å²) in [5.41, 5.74) is 4.77. The highest BCUT2D eigenvalue weighted by atomic mass is 35.5. The highest BCUT2D eigenvalue weighted by Gasteiger charge is 2.35. The topological polar surface area (TPSA) is 71.3 Å². The Labute approximate surface area is 207 Å². The Morgan fingerprint density at radius 3 is 2.57 bits per heavy atom. The second-order valence-corrected chi connectivity index (χ2v) is 8.88. The smallest absolute Gasteiger partial charge is 0.322 e. The lowest BCUT2D eigenvalue weighted by Gasteiger charge is -2.35. The van der Waals surface area contributed by atoms with Gasteiger partial charge in [0.25, 0.3) is 5.89 Å². The van der Waals surface area contributed by atoms with Gasteiger partial charge in [-0.1, -0.05) is 70.9 Å². The van der Waals surface area contributed by atoms with Crippen LogP contribution in [0.15, 0.2) is 83.0 Å². The zero-order valence-electron chi connectivity index (χ0n) is 19.1. The summed E-state index contributed by atoms with van der Waals surface area (Å²) in [6.07, 6.45) is 0. The first-order valence-corrected chi connectivity index (χ1v) is 11.5. The second kappa shape index (κ2) is 9.35. The molecular weight excluding hydrogens is 467 g/mol. The van der Waals surface area contributed by atoms with E-state index in [-0.39, 0.29) is 17.7 Å². The molecule has 3 aromatic carbocycles. The summed E-state index contributed by atoms with van der Waals surface area (Å²) >= 11 is 6.09. The maximum atomic E-state index is 13.8. The zero-order chi connectivity index (χ0) is 24.5. The van der Waals surface area contributed by atoms with Gasteiger partial charge in [-0.25, -0.2) is 9.18 Å². The van der Waals surface area contributed by atoms with Gasteiger partial charge in [-0.3, -0.25) is 4.90 Å². The molecule has 2 heterocycles. The van der Waals surface area contributed by atoms with Crippen molar-refractivity contribution in [3.63, 3.8) is 0 Å². The predicted molar refractivity (Wildman–Crippen MR) is 132 cm³/mol. The van der Waals surface area contributed by atoms with Crippen molar-refractivity contribution in [1.82, 2.24) is 20.4 Å². The average Bonchev–Trinajstić information content (AvgIpc) is 3.32. The van der Waals surface area contributed by atoms with Gasteiger partial charge in [-0.15, -0.1) is 0 Å². The molecule has 4 aromatic rings. The molecule has 0 radical (unpaired) electrons. The van der Waals surface area contributed by atoms with Gasteiger partial charge in [-0.05, 0) is 49.2 Å². The Kier molecular flexibility index (Phi) is 6.09. The Balaban J connectivity index is 1.60. The van der Waals surface area contributed by atoms with E-state index in [1.165, 1.54) is 12.1 Å². The van der Waals surface area contributed by atoms with E-state index in [0.29, 0.717) is 28.4 Å². The van der Waals surface area contributed by atoms with Crippen LogP contribution in [0.4, 0.5) is 9.18 Å². The van der Waals surface area contributed by atoms with E-state index in [1.807, 2.05) is 50.2 Å². The molecule has 6 nitrogen and oxygen atoms in total. The number of aromatic nitrogens is 2. The molecule has 8 heteroatoms. The second-order valence-electron chi connectivity index (χ2n) is 8.44. The van der Waals surface area contributed by atoms with Crippen molar-refractivity contribution in [1.29, 1.82) is 0 Å². The van der Waals surface area contributed by atoms with Gasteiger partial charge in [0, 0.05) is 16.3 Å². The number of hydrogen-bond acceptors (Lipinski definition) is 4. The van der Waals surface area contributed by atoms with Crippen LogP contribution >= 0.6 is 11.6 Å². The molecule has 35 heavy (non-hydrogen) atoms. The van der Waals surface area contributed by atoms with Crippen LogP contribution in [0.25, 0.3) is 17.0 Å². The lowest BCUT2D eigenvalue weighted by atomic mass is 9.94. The number of carbonyl (C=O) groups excluding carboxylic acids is 1. The molecule has 2 amide bonds. The van der Waals surface area contributed by atoms with Crippen LogP contribution in [0.2, 0.25) is 5.02 Å². The first-order valence-electron chi connectivity index (χ1n) is 11.1. The Morgan fingerprint density at radius 2 is 1.83 bits per heavy atom. The van der Waals surface area contributed by atoms with Crippen molar-refractivity contribution in [3.05, 3.63) is 112 Å². The van der Waals surface area contributed by atoms with Crippen LogP contribution in [0.3, 0.4) is 0 Å². The number of urea groups is 1. The van der Waals surface area contributed by atoms with Crippen LogP contribution < -0.4 is 5.32 Å². The maximum Gasteiger partial charge on any atom is 0.322 e. The van der Waals surface area contributed by atoms with E-state index in [9.17, 15) is 9.18 Å². The van der Waals surface area contributed by atoms with Crippen LogP contribution in [0.1, 0.15) is 35.5 Å². The minimum Gasteiger partial charge on any atom is -0.334 e. The quantitative estimate of drug-likeness (QED) is 0.346. The number of halogens is 2. The van der Waals surface area contributed by atoms with Gasteiger partial charge in [0.2, 0.25) is 5.82 Å². The molecule has 0 saturated heterocycles. The van der Waals surface area contributed by atoms with Crippen LogP contribution in [0, 0.1) is 12.7 Å². The highest BCUT2D eigenvalue weighted by Crippen LogP contribution is 2.38. The molecule has 5 rings (SSSR count). The number of carbonyl (C=O) groups is 1. The van der Waals surface area contributed by atoms with E-state index in [1.54, 1.807) is 29.2 Å². The minimum absolute atomic E-state index is 0.238. The number of nitrogens with one attached hydrogen (secondary N) is 1. The summed E-state index contributed by atoms with van der Waals surface area (Å²) < 4.78 is 19.4. The number of amides is 2. The molecule has 1 unspecified atom stereocenters. The van der Waals surface area contributed by atoms with Crippen molar-refractivity contribution in [3.8, 4) is 11.4 Å². The summed E-state index contributed by atoms with van der Waals surface area (Å²) in [5.74, 6) is 0.116. The third-order valence-corrected chi connectivity index (χ3v) is 6.21. The summed E-state index contributed by atoms with van der Waals surface area (Å²) in [6.45, 7) is 4.25. The third kappa shape index (κ3) is 4.68. The lowest BCUT2D eigenvalue weighted by Crippen LogP contribution is -2.45. The van der Waals surface area contributed by atoms with Crippen molar-refractivity contribution in [2.45, 2.75) is 26.4 Å². The summed E-state index contributed by atoms with van der Waals surface area (Å²) in [6, 6.07) is 20.5. The summed E-state index contributed by atoms with van der Waals surface area (Å²) in [7, 11) is 0. The number of rotatable bonds is 5. The summed E-state index contributed by atoms with van der Waals surface area (Å²) in [5, 5.41) is 7.74. The molecule has 1 aliphatic heterocycles. The molecule has 176 valence electrons. The molecule has 0 fully saturated rings. The van der Waals surface area contributed by atoms with Gasteiger partial charge in [-0.2, -0.15) is 4.98 Å². The molecule has 1 atom stereocenters. The SMILES string of the molecule is CC1=C(c2nc(-c3cccc(F)c3)no2)C(c2ccc(Cl)cc2)NC(=O)N1Cc1cccc(C)c1. The monoisotopic (exact) mass is 488 g/mol. The fourth-order valence-corrected chi connectivity index (χ4v) is 4.35. The molecule has 0 spiro atoms. The predicted octanol–water partition coefficient (Wildman–Crippen LogP) is 6.54. The van der Waals surface area contributed by atoms with E-state index in [4.69, 9.17) is 16.1 Å². The minimum atomic E-state index is -0.533. The number of benzene rings is 3. The first-order chi connectivity index (χ1) is 16.9. The first kappa shape index (κ1) is 22.8. The average molecular weight is 489 g/mol. The van der Waals surface area contributed by atoms with E-state index < -0.39 is 11.9 Å². The standard InChI is InChI=1S/C27H22ClFN4O2/c1-16-5-3-6-18(13-16)15-33-17(2)23(24(30-27(33)34)19-9-11-21(28)12-10-19)26-31-25(32-35-26)20-7-4-8-22(29)14-20/h3-14,24H,15H2,1-2H3,(H,30,34). The molecular formula is C27H22ClFN4O2. The van der Waals surface area contributed by atoms with Gasteiger partial charge >= 0.3 is 6.03 Å². The normalized spacial score (nSPS) is 15.9. The van der Waals surface area contributed by atoms with Crippen LogP contribution in [-0.4, -0.2) is 21.1 Å². The maximum absolute atomic E-state index is 13.8. The van der Waals surface area contributed by atoms with Gasteiger partial charge in [0.1, 0.15) is 5.82 Å². The van der Waals surface area contributed by atoms with E-state index in [2.05, 4.69) is 15.5 Å². The largest absolute Gasteiger partial charge is 0.334 e. The number of hydrogen-bond donors (Lipinski definition) is 1. The Hall–Kier alpha value is -3.97.